The average Bonchev–Trinajstić information content (AvgIpc) is 2.27. The summed E-state index contributed by atoms with van der Waals surface area (Å²) in [6.45, 7) is 2.30. The number of carbonyl (C=O) groups excluding carboxylic acids is 1. The predicted molar refractivity (Wildman–Crippen MR) is 59.8 cm³/mol. The van der Waals surface area contributed by atoms with Gasteiger partial charge in [-0.05, 0) is 19.8 Å². The minimum absolute atomic E-state index is 0.126. The molecule has 1 fully saturated rings. The van der Waals surface area contributed by atoms with Gasteiger partial charge < -0.3 is 15.8 Å². The van der Waals surface area contributed by atoms with E-state index in [0.717, 1.165) is 0 Å². The maximum Gasteiger partial charge on any atom is 0.391 e. The van der Waals surface area contributed by atoms with Gasteiger partial charge >= 0.3 is 6.18 Å². The second-order valence-corrected chi connectivity index (χ2v) is 4.79. The van der Waals surface area contributed by atoms with Gasteiger partial charge in [0, 0.05) is 25.8 Å². The van der Waals surface area contributed by atoms with Crippen molar-refractivity contribution in [2.75, 3.05) is 19.8 Å². The Bertz CT molecular complexity index is 289. The van der Waals surface area contributed by atoms with Crippen molar-refractivity contribution in [1.82, 2.24) is 5.32 Å². The third-order valence-electron chi connectivity index (χ3n) is 3.24. The second kappa shape index (κ2) is 5.88. The molecule has 0 radical (unpaired) electrons. The topological polar surface area (TPSA) is 64.4 Å². The van der Waals surface area contributed by atoms with E-state index in [1.807, 2.05) is 0 Å². The number of carbonyl (C=O) groups is 1. The standard InChI is InChI=1S/C11H19F3N2O2/c1-8(6-11(12,13)14)16-9(17)10(7-15)2-4-18-5-3-10/h8H,2-7,15H2,1H3,(H,16,17). The Kier molecular flexibility index (Phi) is 4.98. The first kappa shape index (κ1) is 15.2. The lowest BCUT2D eigenvalue weighted by molar-refractivity contribution is -0.146. The molecular weight excluding hydrogens is 249 g/mol. The van der Waals surface area contributed by atoms with Crippen LogP contribution in [-0.4, -0.2) is 37.9 Å². The fraction of sp³-hybridized carbons (Fsp3) is 0.909. The summed E-state index contributed by atoms with van der Waals surface area (Å²) in [5, 5.41) is 2.40. The van der Waals surface area contributed by atoms with Gasteiger partial charge in [-0.3, -0.25) is 4.79 Å². The molecule has 0 aromatic heterocycles. The average molecular weight is 268 g/mol. The third-order valence-corrected chi connectivity index (χ3v) is 3.24. The Morgan fingerprint density at radius 3 is 2.44 bits per heavy atom. The van der Waals surface area contributed by atoms with Gasteiger partial charge in [-0.25, -0.2) is 0 Å². The molecule has 1 rings (SSSR count). The molecule has 0 saturated carbocycles. The lowest BCUT2D eigenvalue weighted by atomic mass is 9.79. The second-order valence-electron chi connectivity index (χ2n) is 4.79. The minimum atomic E-state index is -4.28. The van der Waals surface area contributed by atoms with Crippen LogP contribution < -0.4 is 11.1 Å². The zero-order chi connectivity index (χ0) is 13.8. The molecule has 1 aliphatic rings. The van der Waals surface area contributed by atoms with Crippen molar-refractivity contribution in [3.05, 3.63) is 0 Å². The van der Waals surface area contributed by atoms with Crippen molar-refractivity contribution in [3.63, 3.8) is 0 Å². The molecule has 3 N–H and O–H groups in total. The molecule has 18 heavy (non-hydrogen) atoms. The summed E-state index contributed by atoms with van der Waals surface area (Å²) in [6.07, 6.45) is -4.41. The first-order chi connectivity index (χ1) is 8.29. The van der Waals surface area contributed by atoms with Gasteiger partial charge in [0.05, 0.1) is 11.8 Å². The molecule has 7 heteroatoms. The summed E-state index contributed by atoms with van der Waals surface area (Å²) in [4.78, 5) is 12.0. The summed E-state index contributed by atoms with van der Waals surface area (Å²) in [5.74, 6) is -0.398. The molecule has 0 aromatic carbocycles. The molecule has 0 aromatic rings. The largest absolute Gasteiger partial charge is 0.391 e. The van der Waals surface area contributed by atoms with E-state index in [4.69, 9.17) is 10.5 Å². The van der Waals surface area contributed by atoms with Crippen molar-refractivity contribution < 1.29 is 22.7 Å². The lowest BCUT2D eigenvalue weighted by Gasteiger charge is -2.35. The van der Waals surface area contributed by atoms with E-state index in [0.29, 0.717) is 26.1 Å². The van der Waals surface area contributed by atoms with E-state index in [1.54, 1.807) is 0 Å². The molecule has 0 spiro atoms. The van der Waals surface area contributed by atoms with E-state index < -0.39 is 30.0 Å². The summed E-state index contributed by atoms with van der Waals surface area (Å²) in [7, 11) is 0. The fourth-order valence-electron chi connectivity index (χ4n) is 2.06. The van der Waals surface area contributed by atoms with Crippen molar-refractivity contribution in [3.8, 4) is 0 Å². The Morgan fingerprint density at radius 1 is 1.44 bits per heavy atom. The molecule has 1 amide bonds. The van der Waals surface area contributed by atoms with Gasteiger partial charge in [0.2, 0.25) is 5.91 Å². The highest BCUT2D eigenvalue weighted by molar-refractivity contribution is 5.83. The van der Waals surface area contributed by atoms with Crippen LogP contribution in [0.15, 0.2) is 0 Å². The first-order valence-electron chi connectivity index (χ1n) is 5.95. The molecule has 1 aliphatic heterocycles. The molecule has 0 bridgehead atoms. The van der Waals surface area contributed by atoms with Crippen LogP contribution in [0.4, 0.5) is 13.2 Å². The maximum atomic E-state index is 12.2. The number of nitrogens with two attached hydrogens (primary N) is 1. The minimum Gasteiger partial charge on any atom is -0.381 e. The van der Waals surface area contributed by atoms with Gasteiger partial charge in [0.15, 0.2) is 0 Å². The normalized spacial score (nSPS) is 21.4. The Hall–Kier alpha value is -0.820. The molecule has 1 unspecified atom stereocenters. The number of alkyl halides is 3. The smallest absolute Gasteiger partial charge is 0.381 e. The van der Waals surface area contributed by atoms with Crippen molar-refractivity contribution in [2.45, 2.75) is 38.4 Å². The number of amides is 1. The molecule has 1 atom stereocenters. The van der Waals surface area contributed by atoms with E-state index in [1.165, 1.54) is 6.92 Å². The number of rotatable bonds is 4. The van der Waals surface area contributed by atoms with Crippen LogP contribution in [0, 0.1) is 5.41 Å². The van der Waals surface area contributed by atoms with E-state index in [-0.39, 0.29) is 6.54 Å². The number of ether oxygens (including phenoxy) is 1. The summed E-state index contributed by atoms with van der Waals surface area (Å²) >= 11 is 0. The van der Waals surface area contributed by atoms with Crippen molar-refractivity contribution >= 4 is 5.91 Å². The number of hydrogen-bond acceptors (Lipinski definition) is 3. The Morgan fingerprint density at radius 2 is 2.00 bits per heavy atom. The van der Waals surface area contributed by atoms with Crippen LogP contribution >= 0.6 is 0 Å². The van der Waals surface area contributed by atoms with Crippen LogP contribution in [-0.2, 0) is 9.53 Å². The van der Waals surface area contributed by atoms with Gasteiger partial charge in [-0.1, -0.05) is 0 Å². The number of nitrogens with one attached hydrogen (secondary N) is 1. The molecule has 106 valence electrons. The van der Waals surface area contributed by atoms with E-state index >= 15 is 0 Å². The molecular formula is C11H19F3N2O2. The SMILES string of the molecule is CC(CC(F)(F)F)NC(=O)C1(CN)CCOCC1. The Balaban J connectivity index is 2.57. The Labute approximate surface area is 104 Å². The van der Waals surface area contributed by atoms with Gasteiger partial charge in [0.1, 0.15) is 0 Å². The van der Waals surface area contributed by atoms with Crippen LogP contribution in [0.25, 0.3) is 0 Å². The van der Waals surface area contributed by atoms with E-state index in [2.05, 4.69) is 5.32 Å². The van der Waals surface area contributed by atoms with Gasteiger partial charge in [0.25, 0.3) is 0 Å². The summed E-state index contributed by atoms with van der Waals surface area (Å²) in [5.41, 5.74) is 4.82. The number of hydrogen-bond donors (Lipinski definition) is 2. The highest BCUT2D eigenvalue weighted by atomic mass is 19.4. The first-order valence-corrected chi connectivity index (χ1v) is 5.95. The van der Waals surface area contributed by atoms with Crippen LogP contribution in [0.5, 0.6) is 0 Å². The fourth-order valence-corrected chi connectivity index (χ4v) is 2.06. The molecule has 1 heterocycles. The molecule has 4 nitrogen and oxygen atoms in total. The summed E-state index contributed by atoms with van der Waals surface area (Å²) < 4.78 is 41.7. The predicted octanol–water partition coefficient (Wildman–Crippen LogP) is 1.20. The maximum absolute atomic E-state index is 12.2. The van der Waals surface area contributed by atoms with Crippen LogP contribution in [0.2, 0.25) is 0 Å². The highest BCUT2D eigenvalue weighted by Gasteiger charge is 2.40. The molecule has 1 saturated heterocycles. The van der Waals surface area contributed by atoms with Crippen molar-refractivity contribution in [2.24, 2.45) is 11.1 Å². The zero-order valence-electron chi connectivity index (χ0n) is 10.3. The van der Waals surface area contributed by atoms with Gasteiger partial charge in [-0.2, -0.15) is 13.2 Å². The van der Waals surface area contributed by atoms with Crippen LogP contribution in [0.1, 0.15) is 26.2 Å². The highest BCUT2D eigenvalue weighted by Crippen LogP contribution is 2.30. The van der Waals surface area contributed by atoms with Crippen LogP contribution in [0.3, 0.4) is 0 Å². The van der Waals surface area contributed by atoms with E-state index in [9.17, 15) is 18.0 Å². The van der Waals surface area contributed by atoms with Gasteiger partial charge in [-0.15, -0.1) is 0 Å². The quantitative estimate of drug-likeness (QED) is 0.805. The lowest BCUT2D eigenvalue weighted by Crippen LogP contribution is -2.51. The molecule has 0 aliphatic carbocycles. The summed E-state index contributed by atoms with van der Waals surface area (Å²) in [6, 6.07) is -0.941. The van der Waals surface area contributed by atoms with Crippen molar-refractivity contribution in [1.29, 1.82) is 0 Å². The third kappa shape index (κ3) is 4.13. The zero-order valence-corrected chi connectivity index (χ0v) is 10.3. The number of halogens is 3. The monoisotopic (exact) mass is 268 g/mol.